The molecule has 0 aliphatic carbocycles. The lowest BCUT2D eigenvalue weighted by molar-refractivity contribution is 0.381. The molecule has 1 heterocycles. The summed E-state index contributed by atoms with van der Waals surface area (Å²) in [6.45, 7) is 0. The molecule has 3 rings (SSSR count). The second kappa shape index (κ2) is 4.33. The van der Waals surface area contributed by atoms with Crippen LogP contribution in [-0.4, -0.2) is 4.98 Å². The molecular weight excluding hydrogens is 277 g/mol. The third-order valence-electron chi connectivity index (χ3n) is 3.05. The van der Waals surface area contributed by atoms with Crippen molar-refractivity contribution in [1.82, 2.24) is 4.98 Å². The van der Waals surface area contributed by atoms with Gasteiger partial charge in [-0.05, 0) is 29.1 Å². The molecule has 20 heavy (non-hydrogen) atoms. The van der Waals surface area contributed by atoms with Crippen LogP contribution in [0.25, 0.3) is 22.0 Å². The molecule has 0 aliphatic heterocycles. The summed E-state index contributed by atoms with van der Waals surface area (Å²) in [6, 6.07) is 5.77. The molecule has 0 fully saturated rings. The minimum absolute atomic E-state index is 0.0788. The average Bonchev–Trinajstić information content (AvgIpc) is 2.91. The maximum Gasteiger partial charge on any atom is 0.200 e. The first-order valence-corrected chi connectivity index (χ1v) is 5.59. The number of halogens is 5. The summed E-state index contributed by atoms with van der Waals surface area (Å²) < 4.78 is 66.7. The fraction of sp³-hybridized carbons (Fsp3) is 0. The highest BCUT2D eigenvalue weighted by Crippen LogP contribution is 2.32. The minimum atomic E-state index is -2.16. The zero-order valence-corrected chi connectivity index (χ0v) is 9.78. The van der Waals surface area contributed by atoms with Crippen molar-refractivity contribution in [3.63, 3.8) is 0 Å². The number of rotatable bonds is 1. The molecule has 6 heteroatoms. The molecule has 0 radical (unpaired) electrons. The first-order chi connectivity index (χ1) is 9.50. The Kier molecular flexibility index (Phi) is 2.74. The molecule has 3 aromatic rings. The highest BCUT2D eigenvalue weighted by Gasteiger charge is 2.26. The quantitative estimate of drug-likeness (QED) is 0.383. The van der Waals surface area contributed by atoms with Gasteiger partial charge < -0.3 is 4.98 Å². The van der Waals surface area contributed by atoms with Crippen molar-refractivity contribution in [2.24, 2.45) is 0 Å². The Labute approximate surface area is 109 Å². The number of aromatic nitrogens is 1. The van der Waals surface area contributed by atoms with Crippen molar-refractivity contribution in [3.05, 3.63) is 59.5 Å². The van der Waals surface area contributed by atoms with Gasteiger partial charge in [0.25, 0.3) is 0 Å². The van der Waals surface area contributed by atoms with Gasteiger partial charge in [0, 0.05) is 11.7 Å². The number of hydrogen-bond acceptors (Lipinski definition) is 0. The molecule has 1 N–H and O–H groups in total. The number of H-pyrrole nitrogens is 1. The number of aromatic amines is 1. The largest absolute Gasteiger partial charge is 0.361 e. The summed E-state index contributed by atoms with van der Waals surface area (Å²) in [6.07, 6.45) is 1.60. The molecule has 0 atom stereocenters. The van der Waals surface area contributed by atoms with Crippen molar-refractivity contribution in [2.45, 2.75) is 0 Å². The van der Waals surface area contributed by atoms with E-state index in [4.69, 9.17) is 0 Å². The number of hydrogen-bond donors (Lipinski definition) is 1. The lowest BCUT2D eigenvalue weighted by Crippen LogP contribution is -2.03. The Morgan fingerprint density at radius 3 is 1.95 bits per heavy atom. The molecule has 0 saturated carbocycles. The molecule has 2 aromatic carbocycles. The summed E-state index contributed by atoms with van der Waals surface area (Å²) in [7, 11) is 0. The van der Waals surface area contributed by atoms with Crippen molar-refractivity contribution in [3.8, 4) is 11.1 Å². The molecule has 0 saturated heterocycles. The molecular formula is C14H6F5N. The van der Waals surface area contributed by atoms with E-state index in [-0.39, 0.29) is 5.56 Å². The third kappa shape index (κ3) is 1.68. The lowest BCUT2D eigenvalue weighted by Gasteiger charge is -2.08. The van der Waals surface area contributed by atoms with E-state index >= 15 is 0 Å². The second-order valence-electron chi connectivity index (χ2n) is 4.22. The van der Waals surface area contributed by atoms with Crippen LogP contribution in [-0.2, 0) is 0 Å². The number of benzene rings is 2. The SMILES string of the molecule is Fc1c(F)c(F)c(-c2ccc3[nH]ccc3c2)c(F)c1F. The number of nitrogens with one attached hydrogen (secondary N) is 1. The predicted molar refractivity (Wildman–Crippen MR) is 63.5 cm³/mol. The van der Waals surface area contributed by atoms with Gasteiger partial charge in [0.05, 0.1) is 5.56 Å². The Hall–Kier alpha value is -2.37. The highest BCUT2D eigenvalue weighted by molar-refractivity contribution is 5.85. The zero-order chi connectivity index (χ0) is 14.4. The zero-order valence-electron chi connectivity index (χ0n) is 9.78. The molecule has 1 aromatic heterocycles. The molecule has 0 amide bonds. The van der Waals surface area contributed by atoms with Gasteiger partial charge in [-0.2, -0.15) is 0 Å². The van der Waals surface area contributed by atoms with Gasteiger partial charge in [0.15, 0.2) is 23.3 Å². The smallest absolute Gasteiger partial charge is 0.200 e. The first kappa shape index (κ1) is 12.7. The number of fused-ring (bicyclic) bond motifs is 1. The molecule has 0 spiro atoms. The average molecular weight is 283 g/mol. The summed E-state index contributed by atoms with van der Waals surface area (Å²) in [5, 5.41) is 0.603. The van der Waals surface area contributed by atoms with Crippen LogP contribution in [0.4, 0.5) is 22.0 Å². The van der Waals surface area contributed by atoms with Gasteiger partial charge in [-0.3, -0.25) is 0 Å². The lowest BCUT2D eigenvalue weighted by atomic mass is 10.0. The molecule has 1 nitrogen and oxygen atoms in total. The summed E-state index contributed by atoms with van der Waals surface area (Å²) in [4.78, 5) is 2.86. The minimum Gasteiger partial charge on any atom is -0.361 e. The van der Waals surface area contributed by atoms with Crippen molar-refractivity contribution < 1.29 is 22.0 Å². The Morgan fingerprint density at radius 2 is 1.30 bits per heavy atom. The molecule has 0 aliphatic rings. The van der Waals surface area contributed by atoms with Gasteiger partial charge in [-0.15, -0.1) is 0 Å². The van der Waals surface area contributed by atoms with E-state index in [2.05, 4.69) is 4.98 Å². The highest BCUT2D eigenvalue weighted by atomic mass is 19.2. The summed E-state index contributed by atoms with van der Waals surface area (Å²) in [5.74, 6) is -9.74. The van der Waals surface area contributed by atoms with Crippen LogP contribution < -0.4 is 0 Å². The van der Waals surface area contributed by atoms with Gasteiger partial charge in [-0.1, -0.05) is 6.07 Å². The standard InChI is InChI=1S/C14H6F5N/c15-10-9(11(16)13(18)14(19)12(10)17)7-1-2-8-6(5-7)3-4-20-8/h1-5,20H. The van der Waals surface area contributed by atoms with E-state index in [1.807, 2.05) is 0 Å². The van der Waals surface area contributed by atoms with E-state index in [1.165, 1.54) is 18.2 Å². The van der Waals surface area contributed by atoms with Crippen LogP contribution in [0, 0.1) is 29.1 Å². The van der Waals surface area contributed by atoms with Gasteiger partial charge in [0.1, 0.15) is 0 Å². The third-order valence-corrected chi connectivity index (χ3v) is 3.05. The van der Waals surface area contributed by atoms with Crippen LogP contribution in [0.2, 0.25) is 0 Å². The van der Waals surface area contributed by atoms with Crippen LogP contribution >= 0.6 is 0 Å². The van der Waals surface area contributed by atoms with Gasteiger partial charge >= 0.3 is 0 Å². The molecule has 102 valence electrons. The van der Waals surface area contributed by atoms with Crippen LogP contribution in [0.1, 0.15) is 0 Å². The van der Waals surface area contributed by atoms with Gasteiger partial charge in [0.2, 0.25) is 5.82 Å². The van der Waals surface area contributed by atoms with Crippen LogP contribution in [0.5, 0.6) is 0 Å². The van der Waals surface area contributed by atoms with E-state index in [9.17, 15) is 22.0 Å². The Morgan fingerprint density at radius 1 is 0.700 bits per heavy atom. The normalized spacial score (nSPS) is 11.2. The second-order valence-corrected chi connectivity index (χ2v) is 4.22. The topological polar surface area (TPSA) is 15.8 Å². The van der Waals surface area contributed by atoms with Crippen molar-refractivity contribution in [1.29, 1.82) is 0 Å². The Bertz CT molecular complexity index is 793. The van der Waals surface area contributed by atoms with Crippen molar-refractivity contribution in [2.75, 3.05) is 0 Å². The van der Waals surface area contributed by atoms with E-state index in [0.717, 1.165) is 0 Å². The maximum absolute atomic E-state index is 13.7. The summed E-state index contributed by atoms with van der Waals surface area (Å²) >= 11 is 0. The van der Waals surface area contributed by atoms with Crippen LogP contribution in [0.3, 0.4) is 0 Å². The van der Waals surface area contributed by atoms with Crippen LogP contribution in [0.15, 0.2) is 30.5 Å². The van der Waals surface area contributed by atoms with E-state index < -0.39 is 34.6 Å². The summed E-state index contributed by atoms with van der Waals surface area (Å²) in [5.41, 5.74) is -0.313. The first-order valence-electron chi connectivity index (χ1n) is 5.59. The molecule has 0 unspecified atom stereocenters. The fourth-order valence-corrected chi connectivity index (χ4v) is 2.07. The Balaban J connectivity index is 2.33. The molecule has 0 bridgehead atoms. The van der Waals surface area contributed by atoms with Crippen molar-refractivity contribution >= 4 is 10.9 Å². The predicted octanol–water partition coefficient (Wildman–Crippen LogP) is 4.53. The fourth-order valence-electron chi connectivity index (χ4n) is 2.07. The maximum atomic E-state index is 13.7. The van der Waals surface area contributed by atoms with E-state index in [1.54, 1.807) is 12.3 Å². The van der Waals surface area contributed by atoms with E-state index in [0.29, 0.717) is 10.9 Å². The van der Waals surface area contributed by atoms with Gasteiger partial charge in [-0.25, -0.2) is 22.0 Å². The monoisotopic (exact) mass is 283 g/mol.